The molecule has 0 saturated carbocycles. The third-order valence-electron chi connectivity index (χ3n) is 2.58. The minimum absolute atomic E-state index is 0.566. The molecular formula is C13H16N4O. The van der Waals surface area contributed by atoms with Gasteiger partial charge in [0.25, 0.3) is 0 Å². The molecule has 94 valence electrons. The summed E-state index contributed by atoms with van der Waals surface area (Å²) in [6.45, 7) is 0. The second-order valence-corrected chi connectivity index (χ2v) is 3.93. The number of methoxy groups -OCH3 is 1. The Morgan fingerprint density at radius 2 is 1.72 bits per heavy atom. The minimum atomic E-state index is 0.566. The van der Waals surface area contributed by atoms with E-state index in [0.717, 1.165) is 11.4 Å². The van der Waals surface area contributed by atoms with Crippen molar-refractivity contribution in [2.24, 2.45) is 0 Å². The highest BCUT2D eigenvalue weighted by Crippen LogP contribution is 2.29. The number of hydrogen-bond acceptors (Lipinski definition) is 5. The molecule has 7 N–H and O–H groups in total. The Morgan fingerprint density at radius 3 is 2.33 bits per heavy atom. The lowest BCUT2D eigenvalue weighted by Gasteiger charge is -2.11. The van der Waals surface area contributed by atoms with Crippen LogP contribution in [0, 0.1) is 0 Å². The number of nitrogens with two attached hydrogens (primary N) is 3. The lowest BCUT2D eigenvalue weighted by molar-refractivity contribution is 0.417. The van der Waals surface area contributed by atoms with Crippen LogP contribution >= 0.6 is 0 Å². The van der Waals surface area contributed by atoms with Gasteiger partial charge in [-0.05, 0) is 36.4 Å². The molecule has 0 aromatic heterocycles. The Balaban J connectivity index is 2.26. The lowest BCUT2D eigenvalue weighted by Crippen LogP contribution is -1.99. The van der Waals surface area contributed by atoms with E-state index in [1.807, 2.05) is 12.1 Å². The van der Waals surface area contributed by atoms with E-state index in [-0.39, 0.29) is 0 Å². The van der Waals surface area contributed by atoms with E-state index in [1.165, 1.54) is 0 Å². The molecule has 0 spiro atoms. The van der Waals surface area contributed by atoms with Crippen molar-refractivity contribution < 1.29 is 4.74 Å². The predicted octanol–water partition coefficient (Wildman–Crippen LogP) is 2.19. The van der Waals surface area contributed by atoms with E-state index >= 15 is 0 Å². The summed E-state index contributed by atoms with van der Waals surface area (Å²) in [5.41, 5.74) is 20.7. The van der Waals surface area contributed by atoms with Crippen LogP contribution in [0.1, 0.15) is 0 Å². The van der Waals surface area contributed by atoms with Crippen LogP contribution in [0.2, 0.25) is 0 Å². The highest BCUT2D eigenvalue weighted by molar-refractivity contribution is 5.77. The molecule has 0 atom stereocenters. The van der Waals surface area contributed by atoms with Gasteiger partial charge in [0.1, 0.15) is 5.75 Å². The molecule has 5 nitrogen and oxygen atoms in total. The van der Waals surface area contributed by atoms with Crippen molar-refractivity contribution in [3.05, 3.63) is 36.4 Å². The Labute approximate surface area is 106 Å². The fourth-order valence-corrected chi connectivity index (χ4v) is 1.66. The van der Waals surface area contributed by atoms with Crippen LogP contribution < -0.4 is 27.3 Å². The van der Waals surface area contributed by atoms with E-state index in [1.54, 1.807) is 31.4 Å². The number of benzene rings is 2. The van der Waals surface area contributed by atoms with Gasteiger partial charge < -0.3 is 27.3 Å². The van der Waals surface area contributed by atoms with Gasteiger partial charge in [0, 0.05) is 11.4 Å². The van der Waals surface area contributed by atoms with Gasteiger partial charge in [-0.15, -0.1) is 0 Å². The molecule has 2 aromatic rings. The molecule has 5 heteroatoms. The SMILES string of the molecule is COc1ccc(Nc2ccc(N)cc2N)cc1N. The summed E-state index contributed by atoms with van der Waals surface area (Å²) in [5.74, 6) is 0.644. The number of hydrogen-bond donors (Lipinski definition) is 4. The van der Waals surface area contributed by atoms with Gasteiger partial charge in [-0.2, -0.15) is 0 Å². The Kier molecular flexibility index (Phi) is 3.14. The van der Waals surface area contributed by atoms with Crippen molar-refractivity contribution in [3.8, 4) is 5.75 Å². The number of ether oxygens (including phenoxy) is 1. The zero-order valence-corrected chi connectivity index (χ0v) is 10.1. The molecule has 0 aliphatic carbocycles. The highest BCUT2D eigenvalue weighted by Gasteiger charge is 2.03. The number of nitrogen functional groups attached to an aromatic ring is 3. The summed E-state index contributed by atoms with van der Waals surface area (Å²) in [6, 6.07) is 10.8. The molecule has 0 bridgehead atoms. The second kappa shape index (κ2) is 4.75. The number of anilines is 5. The van der Waals surface area contributed by atoms with Gasteiger partial charge in [-0.25, -0.2) is 0 Å². The van der Waals surface area contributed by atoms with Crippen LogP contribution in [0.15, 0.2) is 36.4 Å². The molecule has 2 rings (SSSR count). The monoisotopic (exact) mass is 244 g/mol. The van der Waals surface area contributed by atoms with E-state index in [0.29, 0.717) is 22.8 Å². The van der Waals surface area contributed by atoms with E-state index < -0.39 is 0 Å². The lowest BCUT2D eigenvalue weighted by atomic mass is 10.2. The van der Waals surface area contributed by atoms with Crippen LogP contribution in [-0.4, -0.2) is 7.11 Å². The maximum Gasteiger partial charge on any atom is 0.141 e. The molecule has 2 aromatic carbocycles. The first-order valence-corrected chi connectivity index (χ1v) is 5.45. The van der Waals surface area contributed by atoms with Crippen LogP contribution in [0.25, 0.3) is 0 Å². The fraction of sp³-hybridized carbons (Fsp3) is 0.0769. The van der Waals surface area contributed by atoms with Gasteiger partial charge in [-0.1, -0.05) is 0 Å². The first-order chi connectivity index (χ1) is 8.60. The molecule has 0 aliphatic rings. The van der Waals surface area contributed by atoms with Crippen molar-refractivity contribution in [1.82, 2.24) is 0 Å². The molecule has 0 heterocycles. The average molecular weight is 244 g/mol. The number of nitrogens with one attached hydrogen (secondary N) is 1. The molecule has 0 fully saturated rings. The van der Waals surface area contributed by atoms with Crippen molar-refractivity contribution in [2.45, 2.75) is 0 Å². The first-order valence-electron chi connectivity index (χ1n) is 5.45. The third kappa shape index (κ3) is 2.40. The van der Waals surface area contributed by atoms with Gasteiger partial charge in [0.05, 0.1) is 24.2 Å². The molecule has 0 amide bonds. The Hall–Kier alpha value is -2.56. The van der Waals surface area contributed by atoms with Crippen LogP contribution in [-0.2, 0) is 0 Å². The zero-order chi connectivity index (χ0) is 13.1. The van der Waals surface area contributed by atoms with Crippen LogP contribution in [0.4, 0.5) is 28.4 Å². The van der Waals surface area contributed by atoms with Crippen molar-refractivity contribution in [3.63, 3.8) is 0 Å². The van der Waals surface area contributed by atoms with E-state index in [4.69, 9.17) is 21.9 Å². The second-order valence-electron chi connectivity index (χ2n) is 3.93. The third-order valence-corrected chi connectivity index (χ3v) is 2.58. The predicted molar refractivity (Wildman–Crippen MR) is 76.0 cm³/mol. The minimum Gasteiger partial charge on any atom is -0.495 e. The highest BCUT2D eigenvalue weighted by atomic mass is 16.5. The fourth-order valence-electron chi connectivity index (χ4n) is 1.66. The standard InChI is InChI=1S/C13H16N4O/c1-18-13-5-3-9(7-11(13)16)17-12-4-2-8(14)6-10(12)15/h2-7,17H,14-16H2,1H3. The summed E-state index contributed by atoms with van der Waals surface area (Å²) in [5, 5.41) is 3.18. The average Bonchev–Trinajstić information content (AvgIpc) is 2.33. The smallest absolute Gasteiger partial charge is 0.141 e. The molecule has 0 radical (unpaired) electrons. The normalized spacial score (nSPS) is 10.1. The summed E-state index contributed by atoms with van der Waals surface area (Å²) in [4.78, 5) is 0. The van der Waals surface area contributed by atoms with Crippen molar-refractivity contribution in [2.75, 3.05) is 29.6 Å². The summed E-state index contributed by atoms with van der Waals surface area (Å²) >= 11 is 0. The Bertz CT molecular complexity index is 569. The van der Waals surface area contributed by atoms with Gasteiger partial charge in [0.2, 0.25) is 0 Å². The van der Waals surface area contributed by atoms with E-state index in [9.17, 15) is 0 Å². The Morgan fingerprint density at radius 1 is 0.944 bits per heavy atom. The summed E-state index contributed by atoms with van der Waals surface area (Å²) in [7, 11) is 1.58. The van der Waals surface area contributed by atoms with Gasteiger partial charge in [-0.3, -0.25) is 0 Å². The molecule has 0 unspecified atom stereocenters. The molecular weight excluding hydrogens is 228 g/mol. The van der Waals surface area contributed by atoms with E-state index in [2.05, 4.69) is 5.32 Å². The van der Waals surface area contributed by atoms with Gasteiger partial charge >= 0.3 is 0 Å². The first kappa shape index (κ1) is 11.9. The van der Waals surface area contributed by atoms with Crippen LogP contribution in [0.3, 0.4) is 0 Å². The van der Waals surface area contributed by atoms with Crippen molar-refractivity contribution >= 4 is 28.4 Å². The zero-order valence-electron chi connectivity index (χ0n) is 10.1. The number of rotatable bonds is 3. The van der Waals surface area contributed by atoms with Crippen molar-refractivity contribution in [1.29, 1.82) is 0 Å². The topological polar surface area (TPSA) is 99.3 Å². The quantitative estimate of drug-likeness (QED) is 0.620. The largest absolute Gasteiger partial charge is 0.495 e. The summed E-state index contributed by atoms with van der Waals surface area (Å²) < 4.78 is 5.10. The molecule has 0 saturated heterocycles. The molecule has 18 heavy (non-hydrogen) atoms. The van der Waals surface area contributed by atoms with Crippen LogP contribution in [0.5, 0.6) is 5.75 Å². The summed E-state index contributed by atoms with van der Waals surface area (Å²) in [6.07, 6.45) is 0. The molecule has 0 aliphatic heterocycles. The maximum atomic E-state index is 5.86. The van der Waals surface area contributed by atoms with Gasteiger partial charge in [0.15, 0.2) is 0 Å². The maximum absolute atomic E-state index is 5.86.